The first-order chi connectivity index (χ1) is 10.1. The Labute approximate surface area is 121 Å². The Kier molecular flexibility index (Phi) is 4.50. The molecule has 6 heteroatoms. The number of carboxylic acid groups (broad SMARTS) is 1. The van der Waals surface area contributed by atoms with Gasteiger partial charge in [-0.05, 0) is 11.6 Å². The monoisotopic (exact) mass is 286 g/mol. The van der Waals surface area contributed by atoms with Crippen LogP contribution in [0, 0.1) is 5.21 Å². The van der Waals surface area contributed by atoms with Gasteiger partial charge in [-0.25, -0.2) is 4.79 Å². The molecule has 0 bridgehead atoms. The van der Waals surface area contributed by atoms with Crippen molar-refractivity contribution in [1.82, 2.24) is 5.32 Å². The van der Waals surface area contributed by atoms with Gasteiger partial charge in [0.05, 0.1) is 0 Å². The van der Waals surface area contributed by atoms with E-state index >= 15 is 0 Å². The fourth-order valence-corrected chi connectivity index (χ4v) is 1.88. The number of nitrogens with zero attached hydrogens (tertiary/aromatic N) is 1. The molecule has 1 aromatic heterocycles. The molecule has 1 atom stereocenters. The molecule has 21 heavy (non-hydrogen) atoms. The van der Waals surface area contributed by atoms with Crippen LogP contribution in [0.25, 0.3) is 0 Å². The van der Waals surface area contributed by atoms with Gasteiger partial charge in [-0.1, -0.05) is 30.3 Å². The fourth-order valence-electron chi connectivity index (χ4n) is 1.88. The molecule has 0 aliphatic rings. The van der Waals surface area contributed by atoms with Crippen LogP contribution in [0.4, 0.5) is 0 Å². The van der Waals surface area contributed by atoms with Crippen molar-refractivity contribution < 1.29 is 19.4 Å². The number of pyridine rings is 1. The van der Waals surface area contributed by atoms with Crippen LogP contribution in [0.1, 0.15) is 15.9 Å². The van der Waals surface area contributed by atoms with E-state index in [9.17, 15) is 19.9 Å². The van der Waals surface area contributed by atoms with Crippen molar-refractivity contribution in [3.05, 3.63) is 71.2 Å². The summed E-state index contributed by atoms with van der Waals surface area (Å²) in [6, 6.07) is 10.8. The predicted molar refractivity (Wildman–Crippen MR) is 74.4 cm³/mol. The van der Waals surface area contributed by atoms with Gasteiger partial charge < -0.3 is 15.6 Å². The predicted octanol–water partition coefficient (Wildman–Crippen LogP) is 0.746. The van der Waals surface area contributed by atoms with Crippen LogP contribution in [0.2, 0.25) is 0 Å². The summed E-state index contributed by atoms with van der Waals surface area (Å²) in [5.41, 5.74) is 0.920. The van der Waals surface area contributed by atoms with Crippen LogP contribution in [0.15, 0.2) is 54.9 Å². The maximum Gasteiger partial charge on any atom is 0.326 e. The molecule has 2 N–H and O–H groups in total. The van der Waals surface area contributed by atoms with E-state index in [1.54, 1.807) is 24.3 Å². The molecule has 108 valence electrons. The lowest BCUT2D eigenvalue weighted by Crippen LogP contribution is -2.43. The summed E-state index contributed by atoms with van der Waals surface area (Å²) < 4.78 is 0.488. The highest BCUT2D eigenvalue weighted by Crippen LogP contribution is 2.05. The Hall–Kier alpha value is -2.89. The maximum atomic E-state index is 12.0. The van der Waals surface area contributed by atoms with E-state index < -0.39 is 17.9 Å². The number of hydrogen-bond acceptors (Lipinski definition) is 3. The average Bonchev–Trinajstić information content (AvgIpc) is 2.47. The number of benzene rings is 1. The molecule has 2 rings (SSSR count). The minimum Gasteiger partial charge on any atom is -0.619 e. The number of hydrogen-bond donors (Lipinski definition) is 2. The number of carbonyl (C=O) groups excluding carboxylic acids is 1. The van der Waals surface area contributed by atoms with E-state index in [-0.39, 0.29) is 12.0 Å². The Morgan fingerprint density at radius 2 is 1.90 bits per heavy atom. The number of aromatic nitrogens is 1. The lowest BCUT2D eigenvalue weighted by molar-refractivity contribution is -0.605. The third-order valence-electron chi connectivity index (χ3n) is 2.92. The van der Waals surface area contributed by atoms with Crippen LogP contribution in [-0.4, -0.2) is 23.0 Å². The van der Waals surface area contributed by atoms with Crippen LogP contribution in [-0.2, 0) is 11.2 Å². The van der Waals surface area contributed by atoms with Gasteiger partial charge in [-0.2, -0.15) is 4.73 Å². The van der Waals surface area contributed by atoms with Crippen molar-refractivity contribution in [3.8, 4) is 0 Å². The van der Waals surface area contributed by atoms with Gasteiger partial charge in [0, 0.05) is 12.5 Å². The van der Waals surface area contributed by atoms with E-state index in [1.165, 1.54) is 18.3 Å². The molecule has 0 radical (unpaired) electrons. The first-order valence-electron chi connectivity index (χ1n) is 6.32. The van der Waals surface area contributed by atoms with Crippen LogP contribution in [0.5, 0.6) is 0 Å². The SMILES string of the molecule is O=C(N[C@@H](Cc1ccccc1)C(=O)O)c1ccc[n+]([O-])c1. The van der Waals surface area contributed by atoms with Gasteiger partial charge in [0.15, 0.2) is 12.4 Å². The van der Waals surface area contributed by atoms with E-state index in [0.29, 0.717) is 4.73 Å². The Bertz CT molecular complexity index is 643. The summed E-state index contributed by atoms with van der Waals surface area (Å²) in [4.78, 5) is 23.2. The van der Waals surface area contributed by atoms with Crippen LogP contribution < -0.4 is 10.0 Å². The Morgan fingerprint density at radius 3 is 2.52 bits per heavy atom. The van der Waals surface area contributed by atoms with Crippen molar-refractivity contribution in [1.29, 1.82) is 0 Å². The van der Waals surface area contributed by atoms with Gasteiger partial charge in [0.1, 0.15) is 11.6 Å². The largest absolute Gasteiger partial charge is 0.619 e. The highest BCUT2D eigenvalue weighted by atomic mass is 16.5. The molecule has 0 saturated carbocycles. The van der Waals surface area contributed by atoms with Gasteiger partial charge in [0.2, 0.25) is 0 Å². The molecule has 1 amide bonds. The van der Waals surface area contributed by atoms with E-state index in [2.05, 4.69) is 5.32 Å². The lowest BCUT2D eigenvalue weighted by Gasteiger charge is -2.14. The standard InChI is InChI=1S/C15H14N2O4/c18-14(12-7-4-8-17(21)10-12)16-13(15(19)20)9-11-5-2-1-3-6-11/h1-8,10,13H,9H2,(H,16,18)(H,19,20)/t13-/m0/s1. The van der Waals surface area contributed by atoms with Crippen LogP contribution >= 0.6 is 0 Å². The second-order valence-electron chi connectivity index (χ2n) is 4.51. The van der Waals surface area contributed by atoms with E-state index in [4.69, 9.17) is 0 Å². The highest BCUT2D eigenvalue weighted by molar-refractivity contribution is 5.96. The first kappa shape index (κ1) is 14.5. The van der Waals surface area contributed by atoms with Gasteiger partial charge in [-0.15, -0.1) is 0 Å². The van der Waals surface area contributed by atoms with Crippen molar-refractivity contribution in [2.24, 2.45) is 0 Å². The molecule has 6 nitrogen and oxygen atoms in total. The Balaban J connectivity index is 2.10. The molecule has 0 spiro atoms. The van der Waals surface area contributed by atoms with Gasteiger partial charge in [-0.3, -0.25) is 4.79 Å². The zero-order valence-corrected chi connectivity index (χ0v) is 11.1. The van der Waals surface area contributed by atoms with Crippen molar-refractivity contribution in [2.75, 3.05) is 0 Å². The number of rotatable bonds is 5. The highest BCUT2D eigenvalue weighted by Gasteiger charge is 2.21. The van der Waals surface area contributed by atoms with Crippen LogP contribution in [0.3, 0.4) is 0 Å². The second-order valence-corrected chi connectivity index (χ2v) is 4.51. The van der Waals surface area contributed by atoms with Gasteiger partial charge >= 0.3 is 5.97 Å². The number of aliphatic carboxylic acids is 1. The van der Waals surface area contributed by atoms with Crippen molar-refractivity contribution in [2.45, 2.75) is 12.5 Å². The molecule has 1 aromatic carbocycles. The number of amides is 1. The third-order valence-corrected chi connectivity index (χ3v) is 2.92. The first-order valence-corrected chi connectivity index (χ1v) is 6.32. The molecule has 0 aliphatic carbocycles. The molecular formula is C15H14N2O4. The topological polar surface area (TPSA) is 93.3 Å². The summed E-state index contributed by atoms with van der Waals surface area (Å²) in [6.07, 6.45) is 2.51. The summed E-state index contributed by atoms with van der Waals surface area (Å²) >= 11 is 0. The lowest BCUT2D eigenvalue weighted by atomic mass is 10.1. The molecule has 0 fully saturated rings. The zero-order valence-electron chi connectivity index (χ0n) is 11.1. The normalized spacial score (nSPS) is 11.6. The van der Waals surface area contributed by atoms with E-state index in [0.717, 1.165) is 11.8 Å². The maximum absolute atomic E-state index is 12.0. The van der Waals surface area contributed by atoms with Crippen molar-refractivity contribution in [3.63, 3.8) is 0 Å². The summed E-state index contributed by atoms with van der Waals surface area (Å²) in [6.45, 7) is 0. The van der Waals surface area contributed by atoms with E-state index in [1.807, 2.05) is 6.07 Å². The molecular weight excluding hydrogens is 272 g/mol. The smallest absolute Gasteiger partial charge is 0.326 e. The number of carbonyl (C=O) groups is 2. The number of nitrogens with one attached hydrogen (secondary N) is 1. The molecule has 2 aromatic rings. The fraction of sp³-hybridized carbons (Fsp3) is 0.133. The molecule has 0 saturated heterocycles. The summed E-state index contributed by atoms with van der Waals surface area (Å²) in [5, 5.41) is 22.7. The van der Waals surface area contributed by atoms with Gasteiger partial charge in [0.25, 0.3) is 5.91 Å². The Morgan fingerprint density at radius 1 is 1.19 bits per heavy atom. The summed E-state index contributed by atoms with van der Waals surface area (Å²) in [5.74, 6) is -1.72. The minimum atomic E-state index is -1.13. The zero-order chi connectivity index (χ0) is 15.2. The molecule has 1 heterocycles. The molecule has 0 unspecified atom stereocenters. The summed E-state index contributed by atoms with van der Waals surface area (Å²) in [7, 11) is 0. The second kappa shape index (κ2) is 6.51. The third kappa shape index (κ3) is 4.04. The van der Waals surface area contributed by atoms with Crippen molar-refractivity contribution >= 4 is 11.9 Å². The molecule has 0 aliphatic heterocycles. The average molecular weight is 286 g/mol. The minimum absolute atomic E-state index is 0.117. The number of carboxylic acids is 1. The quantitative estimate of drug-likeness (QED) is 0.626.